The summed E-state index contributed by atoms with van der Waals surface area (Å²) < 4.78 is 78.1. The molecule has 1 rings (SSSR count). The Morgan fingerprint density at radius 1 is 1.05 bits per heavy atom. The Morgan fingerprint density at radius 3 is 1.67 bits per heavy atom. The molecule has 0 aromatic heterocycles. The Morgan fingerprint density at radius 2 is 1.43 bits per heavy atom. The number of halogens is 6. The minimum atomic E-state index is -4.96. The van der Waals surface area contributed by atoms with Gasteiger partial charge in [-0.15, -0.1) is 0 Å². The molecule has 0 aliphatic carbocycles. The molecule has 0 aliphatic heterocycles. The van der Waals surface area contributed by atoms with Gasteiger partial charge in [-0.1, -0.05) is 0 Å². The first-order valence-corrected chi connectivity index (χ1v) is 5.81. The van der Waals surface area contributed by atoms with E-state index < -0.39 is 40.0 Å². The third-order valence-electron chi connectivity index (χ3n) is 2.44. The number of alkyl halides is 6. The maximum Gasteiger partial charge on any atom is 0.418 e. The van der Waals surface area contributed by atoms with Crippen LogP contribution in [-0.2, 0) is 12.4 Å². The summed E-state index contributed by atoms with van der Waals surface area (Å²) in [5.74, 6) is 0. The van der Waals surface area contributed by atoms with Crippen LogP contribution in [0.2, 0.25) is 0 Å². The fraction of sp³-hybridized carbons (Fsp3) is 0.364. The maximum absolute atomic E-state index is 13.0. The van der Waals surface area contributed by atoms with Crippen molar-refractivity contribution >= 4 is 28.7 Å². The predicted molar refractivity (Wildman–Crippen MR) is 71.2 cm³/mol. The fourth-order valence-corrected chi connectivity index (χ4v) is 1.88. The molecule has 3 N–H and O–H groups in total. The van der Waals surface area contributed by atoms with Crippen LogP contribution < -0.4 is 16.0 Å². The van der Waals surface area contributed by atoms with Gasteiger partial charge in [-0.3, -0.25) is 0 Å². The van der Waals surface area contributed by atoms with Crippen molar-refractivity contribution in [1.29, 1.82) is 0 Å². The van der Waals surface area contributed by atoms with Crippen molar-refractivity contribution in [3.8, 4) is 0 Å². The molecule has 10 heteroatoms. The number of nitrogens with two attached hydrogens (primary N) is 1. The van der Waals surface area contributed by atoms with E-state index in [0.29, 0.717) is 12.1 Å². The van der Waals surface area contributed by atoms with Crippen molar-refractivity contribution in [2.45, 2.75) is 12.4 Å². The van der Waals surface area contributed by atoms with Gasteiger partial charge in [0.25, 0.3) is 0 Å². The summed E-state index contributed by atoms with van der Waals surface area (Å²) in [7, 11) is 2.20. The molecular weight excluding hydrogens is 320 g/mol. The van der Waals surface area contributed by atoms with Crippen LogP contribution in [0.15, 0.2) is 12.1 Å². The maximum atomic E-state index is 13.0. The van der Waals surface area contributed by atoms with Crippen molar-refractivity contribution in [1.82, 2.24) is 0 Å². The van der Waals surface area contributed by atoms with Crippen molar-refractivity contribution in [3.05, 3.63) is 23.3 Å². The van der Waals surface area contributed by atoms with Crippen LogP contribution in [0.5, 0.6) is 0 Å². The van der Waals surface area contributed by atoms with Gasteiger partial charge in [-0.2, -0.15) is 26.3 Å². The monoisotopic (exact) mass is 331 g/mol. The topological polar surface area (TPSA) is 41.3 Å². The minimum absolute atomic E-state index is 0.436. The molecule has 1 aromatic carbocycles. The third kappa shape index (κ3) is 4.13. The lowest BCUT2D eigenvalue weighted by Gasteiger charge is -2.25. The molecule has 118 valence electrons. The first-order chi connectivity index (χ1) is 9.34. The molecule has 0 saturated heterocycles. The van der Waals surface area contributed by atoms with Gasteiger partial charge < -0.3 is 16.0 Å². The largest absolute Gasteiger partial charge is 0.418 e. The SMILES string of the molecule is CN(C)c1c(C(F)(F)F)cc(NC(N)=S)cc1C(F)(F)F. The average Bonchev–Trinajstić information content (AvgIpc) is 2.24. The second-order valence-electron chi connectivity index (χ2n) is 4.30. The van der Waals surface area contributed by atoms with E-state index in [1.807, 2.05) is 0 Å². The molecule has 0 saturated carbocycles. The molecule has 3 nitrogen and oxygen atoms in total. The van der Waals surface area contributed by atoms with Crippen LogP contribution in [0.4, 0.5) is 37.7 Å². The molecule has 0 bridgehead atoms. The lowest BCUT2D eigenvalue weighted by Crippen LogP contribution is -2.24. The first kappa shape index (κ1) is 17.3. The third-order valence-corrected chi connectivity index (χ3v) is 2.54. The highest BCUT2D eigenvalue weighted by atomic mass is 32.1. The lowest BCUT2D eigenvalue weighted by atomic mass is 10.0. The fourth-order valence-electron chi connectivity index (χ4n) is 1.76. The first-order valence-electron chi connectivity index (χ1n) is 5.40. The smallest absolute Gasteiger partial charge is 0.377 e. The molecule has 21 heavy (non-hydrogen) atoms. The number of hydrogen-bond acceptors (Lipinski definition) is 2. The summed E-state index contributed by atoms with van der Waals surface area (Å²) in [6.45, 7) is 0. The zero-order chi connectivity index (χ0) is 16.6. The molecule has 0 heterocycles. The molecule has 0 radical (unpaired) electrons. The number of hydrogen-bond donors (Lipinski definition) is 2. The minimum Gasteiger partial charge on any atom is -0.377 e. The van der Waals surface area contributed by atoms with E-state index in [4.69, 9.17) is 5.73 Å². The number of benzene rings is 1. The lowest BCUT2D eigenvalue weighted by molar-refractivity contribution is -0.142. The Hall–Kier alpha value is -1.71. The van der Waals surface area contributed by atoms with E-state index in [9.17, 15) is 26.3 Å². The van der Waals surface area contributed by atoms with Gasteiger partial charge in [-0.25, -0.2) is 0 Å². The van der Waals surface area contributed by atoms with Gasteiger partial charge in [0.1, 0.15) is 0 Å². The summed E-state index contributed by atoms with van der Waals surface area (Å²) in [6.07, 6.45) is -9.93. The predicted octanol–water partition coefficient (Wildman–Crippen LogP) is 3.45. The van der Waals surface area contributed by atoms with Crippen molar-refractivity contribution < 1.29 is 26.3 Å². The summed E-state index contributed by atoms with van der Waals surface area (Å²) in [6, 6.07) is 1.06. The van der Waals surface area contributed by atoms with Crippen LogP contribution in [-0.4, -0.2) is 19.2 Å². The van der Waals surface area contributed by atoms with Crippen LogP contribution in [0.25, 0.3) is 0 Å². The Labute approximate surface area is 121 Å². The van der Waals surface area contributed by atoms with Crippen LogP contribution in [0.1, 0.15) is 11.1 Å². The number of nitrogens with zero attached hydrogens (tertiary/aromatic N) is 1. The zero-order valence-electron chi connectivity index (χ0n) is 10.9. The van der Waals surface area contributed by atoms with Crippen LogP contribution in [0, 0.1) is 0 Å². The summed E-state index contributed by atoms with van der Waals surface area (Å²) in [4.78, 5) is 0.760. The van der Waals surface area contributed by atoms with Crippen molar-refractivity contribution in [2.24, 2.45) is 5.73 Å². The van der Waals surface area contributed by atoms with Gasteiger partial charge in [0, 0.05) is 19.8 Å². The molecule has 0 aliphatic rings. The standard InChI is InChI=1S/C11H11F6N3S/c1-20(2)8-6(10(12,13)14)3-5(19-9(18)21)4-7(8)11(15,16)17/h3-4H,1-2H3,(H3,18,19,21). The van der Waals surface area contributed by atoms with Crippen LogP contribution in [0.3, 0.4) is 0 Å². The second-order valence-corrected chi connectivity index (χ2v) is 4.74. The highest BCUT2D eigenvalue weighted by molar-refractivity contribution is 7.80. The van der Waals surface area contributed by atoms with Gasteiger partial charge in [0.05, 0.1) is 16.8 Å². The second kappa shape index (κ2) is 5.58. The van der Waals surface area contributed by atoms with Gasteiger partial charge >= 0.3 is 12.4 Å². The van der Waals surface area contributed by atoms with Crippen molar-refractivity contribution in [3.63, 3.8) is 0 Å². The Balaban J connectivity index is 3.70. The molecule has 1 aromatic rings. The Kier molecular flexibility index (Phi) is 4.61. The molecule has 0 spiro atoms. The van der Waals surface area contributed by atoms with Gasteiger partial charge in [0.15, 0.2) is 5.11 Å². The molecule has 0 amide bonds. The van der Waals surface area contributed by atoms with E-state index in [-0.39, 0.29) is 0 Å². The summed E-state index contributed by atoms with van der Waals surface area (Å²) in [5, 5.41) is 1.65. The molecule has 0 fully saturated rings. The van der Waals surface area contributed by atoms with E-state index in [0.717, 1.165) is 19.0 Å². The van der Waals surface area contributed by atoms with E-state index in [1.54, 1.807) is 0 Å². The summed E-state index contributed by atoms with van der Waals surface area (Å²) >= 11 is 4.43. The highest BCUT2D eigenvalue weighted by Gasteiger charge is 2.42. The highest BCUT2D eigenvalue weighted by Crippen LogP contribution is 2.45. The van der Waals surface area contributed by atoms with Gasteiger partial charge in [-0.05, 0) is 24.4 Å². The summed E-state index contributed by atoms with van der Waals surface area (Å²) in [5.41, 5.74) is 0.781. The van der Waals surface area contributed by atoms with E-state index >= 15 is 0 Å². The van der Waals surface area contributed by atoms with Crippen molar-refractivity contribution in [2.75, 3.05) is 24.3 Å². The normalized spacial score (nSPS) is 12.2. The quantitative estimate of drug-likeness (QED) is 0.643. The number of nitrogens with one attached hydrogen (secondary N) is 1. The number of thiocarbonyl (C=S) groups is 1. The number of anilines is 2. The van der Waals surface area contributed by atoms with E-state index in [2.05, 4.69) is 17.5 Å². The average molecular weight is 331 g/mol. The number of rotatable bonds is 2. The Bertz CT molecular complexity index is 515. The zero-order valence-corrected chi connectivity index (χ0v) is 11.7. The van der Waals surface area contributed by atoms with Gasteiger partial charge in [0.2, 0.25) is 0 Å². The van der Waals surface area contributed by atoms with E-state index in [1.165, 1.54) is 0 Å². The molecule has 0 atom stereocenters. The molecular formula is C11H11F6N3S. The molecule has 0 unspecified atom stereocenters. The van der Waals surface area contributed by atoms with Crippen LogP contribution >= 0.6 is 12.2 Å².